The number of hydrogen-bond donors (Lipinski definition) is 2. The molecule has 2 atom stereocenters. The molecule has 6 heteroatoms. The lowest BCUT2D eigenvalue weighted by molar-refractivity contribution is -0.947. The number of aliphatic hydroxyl groups is 2. The van der Waals surface area contributed by atoms with Crippen LogP contribution in [0, 0.1) is 0 Å². The molecule has 4 rings (SSSR count). The Balaban J connectivity index is 1.31. The van der Waals surface area contributed by atoms with Crippen molar-refractivity contribution in [1.82, 2.24) is 14.7 Å². The zero-order chi connectivity index (χ0) is 22.9. The molecule has 0 radical (unpaired) electrons. The first-order valence-corrected chi connectivity index (χ1v) is 13.5. The fourth-order valence-electron chi connectivity index (χ4n) is 6.23. The summed E-state index contributed by atoms with van der Waals surface area (Å²) in [4.78, 5) is 7.35. The van der Waals surface area contributed by atoms with Gasteiger partial charge in [0.25, 0.3) is 0 Å². The van der Waals surface area contributed by atoms with E-state index in [9.17, 15) is 10.2 Å². The first-order chi connectivity index (χ1) is 16.1. The largest absolute Gasteiger partial charge is 0.390 e. The second-order valence-corrected chi connectivity index (χ2v) is 10.9. The molecule has 33 heavy (non-hydrogen) atoms. The first-order valence-electron chi connectivity index (χ1n) is 13.5. The van der Waals surface area contributed by atoms with Crippen molar-refractivity contribution in [2.24, 2.45) is 0 Å². The van der Waals surface area contributed by atoms with Crippen LogP contribution in [0.3, 0.4) is 0 Å². The number of benzene rings is 1. The lowest BCUT2D eigenvalue weighted by Gasteiger charge is -2.46. The van der Waals surface area contributed by atoms with E-state index in [0.29, 0.717) is 0 Å². The smallest absolute Gasteiger partial charge is 0.115 e. The van der Waals surface area contributed by atoms with Gasteiger partial charge in [-0.25, -0.2) is 0 Å². The summed E-state index contributed by atoms with van der Waals surface area (Å²) in [5.74, 6) is 0. The average molecular weight is 460 g/mol. The van der Waals surface area contributed by atoms with E-state index in [1.807, 2.05) is 0 Å². The maximum atomic E-state index is 11.1. The SMILES string of the molecule is OC(CN1CCCCC1)CN1CC[N+](Cc2ccccc2)(CC(O)CN2CCCCC2)CC1. The van der Waals surface area contributed by atoms with E-state index in [2.05, 4.69) is 45.0 Å². The summed E-state index contributed by atoms with van der Waals surface area (Å²) in [7, 11) is 0. The lowest BCUT2D eigenvalue weighted by atomic mass is 10.1. The fourth-order valence-corrected chi connectivity index (χ4v) is 6.23. The van der Waals surface area contributed by atoms with Gasteiger partial charge in [0.1, 0.15) is 19.2 Å². The van der Waals surface area contributed by atoms with Crippen LogP contribution >= 0.6 is 0 Å². The summed E-state index contributed by atoms with van der Waals surface area (Å²) in [5.41, 5.74) is 1.36. The molecule has 0 spiro atoms. The highest BCUT2D eigenvalue weighted by atomic mass is 16.3. The van der Waals surface area contributed by atoms with Gasteiger partial charge < -0.3 is 24.5 Å². The molecule has 0 saturated carbocycles. The standard InChI is InChI=1S/C27H47N4O2/c32-26(20-28-12-6-2-7-13-28)21-30-16-18-31(19-17-30,23-25-10-4-1-5-11-25)24-27(33)22-29-14-8-3-9-15-29/h1,4-5,10-11,26-27,32-33H,2-3,6-9,12-24H2/q+1. The molecule has 3 aliphatic rings. The second kappa shape index (κ2) is 12.6. The quantitative estimate of drug-likeness (QED) is 0.524. The van der Waals surface area contributed by atoms with E-state index >= 15 is 0 Å². The summed E-state index contributed by atoms with van der Waals surface area (Å²) in [5, 5.41) is 21.8. The molecule has 1 aromatic rings. The van der Waals surface area contributed by atoms with Crippen LogP contribution in [0.1, 0.15) is 44.1 Å². The van der Waals surface area contributed by atoms with Gasteiger partial charge in [-0.3, -0.25) is 4.90 Å². The molecule has 2 N–H and O–H groups in total. The van der Waals surface area contributed by atoms with Gasteiger partial charge in [0.05, 0.1) is 19.2 Å². The van der Waals surface area contributed by atoms with Crippen molar-refractivity contribution in [2.75, 3.05) is 78.5 Å². The summed E-state index contributed by atoms with van der Waals surface area (Å²) in [6.07, 6.45) is 7.22. The third-order valence-electron chi connectivity index (χ3n) is 8.04. The minimum Gasteiger partial charge on any atom is -0.390 e. The molecule has 0 bridgehead atoms. The summed E-state index contributed by atoms with van der Waals surface area (Å²) in [6.45, 7) is 12.9. The number of hydrogen-bond acceptors (Lipinski definition) is 5. The van der Waals surface area contributed by atoms with Gasteiger partial charge in [-0.1, -0.05) is 43.2 Å². The van der Waals surface area contributed by atoms with E-state index in [4.69, 9.17) is 0 Å². The Morgan fingerprint density at radius 1 is 0.636 bits per heavy atom. The zero-order valence-electron chi connectivity index (χ0n) is 20.7. The molecule has 2 unspecified atom stereocenters. The van der Waals surface area contributed by atoms with Crippen LogP contribution in [-0.2, 0) is 6.54 Å². The van der Waals surface area contributed by atoms with Gasteiger partial charge >= 0.3 is 0 Å². The molecule has 3 heterocycles. The number of piperidine rings is 2. The number of rotatable bonds is 10. The molecule has 3 aliphatic heterocycles. The highest BCUT2D eigenvalue weighted by molar-refractivity contribution is 5.13. The molecule has 1 aromatic carbocycles. The Labute approximate surface area is 201 Å². The number of likely N-dealkylation sites (tertiary alicyclic amines) is 2. The molecule has 3 fully saturated rings. The van der Waals surface area contributed by atoms with Gasteiger partial charge in [0, 0.05) is 38.3 Å². The second-order valence-electron chi connectivity index (χ2n) is 10.9. The van der Waals surface area contributed by atoms with Gasteiger partial charge in [-0.05, 0) is 51.9 Å². The molecular weight excluding hydrogens is 412 g/mol. The minimum absolute atomic E-state index is 0.262. The van der Waals surface area contributed by atoms with Gasteiger partial charge in [-0.2, -0.15) is 0 Å². The third kappa shape index (κ3) is 8.01. The van der Waals surface area contributed by atoms with Crippen molar-refractivity contribution in [3.8, 4) is 0 Å². The molecular formula is C27H47N4O2+. The summed E-state index contributed by atoms with van der Waals surface area (Å²) in [6, 6.07) is 10.8. The van der Waals surface area contributed by atoms with E-state index in [0.717, 1.165) is 89.6 Å². The maximum Gasteiger partial charge on any atom is 0.115 e. The van der Waals surface area contributed by atoms with Crippen molar-refractivity contribution in [2.45, 2.75) is 57.3 Å². The van der Waals surface area contributed by atoms with Crippen LogP contribution in [0.2, 0.25) is 0 Å². The number of β-amino-alcohol motifs (C(OH)–C–C–N with tert-alkyl or cyclic N) is 2. The Morgan fingerprint density at radius 2 is 1.12 bits per heavy atom. The van der Waals surface area contributed by atoms with Crippen LogP contribution in [0.15, 0.2) is 30.3 Å². The number of nitrogens with zero attached hydrogens (tertiary/aromatic N) is 4. The van der Waals surface area contributed by atoms with Crippen LogP contribution in [-0.4, -0.2) is 120 Å². The average Bonchev–Trinajstić information content (AvgIpc) is 2.82. The lowest BCUT2D eigenvalue weighted by Crippen LogP contribution is -2.62. The minimum atomic E-state index is -0.275. The molecule has 0 aliphatic carbocycles. The van der Waals surface area contributed by atoms with Gasteiger partial charge in [0.2, 0.25) is 0 Å². The van der Waals surface area contributed by atoms with Crippen molar-refractivity contribution >= 4 is 0 Å². The predicted octanol–water partition coefficient (Wildman–Crippen LogP) is 2.01. The number of piperazine rings is 1. The van der Waals surface area contributed by atoms with Crippen molar-refractivity contribution in [1.29, 1.82) is 0 Å². The van der Waals surface area contributed by atoms with Crippen molar-refractivity contribution < 1.29 is 14.7 Å². The first kappa shape index (κ1) is 25.1. The normalized spacial score (nSPS) is 25.0. The predicted molar refractivity (Wildman–Crippen MR) is 134 cm³/mol. The van der Waals surface area contributed by atoms with Crippen molar-refractivity contribution in [3.05, 3.63) is 35.9 Å². The van der Waals surface area contributed by atoms with Crippen molar-refractivity contribution in [3.63, 3.8) is 0 Å². The van der Waals surface area contributed by atoms with E-state index in [-0.39, 0.29) is 12.2 Å². The molecule has 186 valence electrons. The number of aliphatic hydroxyl groups excluding tert-OH is 2. The number of quaternary nitrogens is 1. The van der Waals surface area contributed by atoms with Gasteiger partial charge in [0.15, 0.2) is 0 Å². The van der Waals surface area contributed by atoms with Crippen LogP contribution in [0.25, 0.3) is 0 Å². The monoisotopic (exact) mass is 459 g/mol. The summed E-state index contributed by atoms with van der Waals surface area (Å²) >= 11 is 0. The Bertz CT molecular complexity index is 668. The Hall–Kier alpha value is -1.02. The molecule has 0 aromatic heterocycles. The third-order valence-corrected chi connectivity index (χ3v) is 8.04. The fraction of sp³-hybridized carbons (Fsp3) is 0.778. The molecule has 6 nitrogen and oxygen atoms in total. The highest BCUT2D eigenvalue weighted by Crippen LogP contribution is 2.21. The van der Waals surface area contributed by atoms with E-state index < -0.39 is 0 Å². The molecule has 0 amide bonds. The van der Waals surface area contributed by atoms with Crippen LogP contribution < -0.4 is 0 Å². The van der Waals surface area contributed by atoms with Gasteiger partial charge in [-0.15, -0.1) is 0 Å². The van der Waals surface area contributed by atoms with E-state index in [1.54, 1.807) is 0 Å². The van der Waals surface area contributed by atoms with Crippen LogP contribution in [0.4, 0.5) is 0 Å². The molecule has 3 saturated heterocycles. The van der Waals surface area contributed by atoms with Crippen LogP contribution in [0.5, 0.6) is 0 Å². The zero-order valence-corrected chi connectivity index (χ0v) is 20.7. The topological polar surface area (TPSA) is 50.2 Å². The Kier molecular flexibility index (Phi) is 9.59. The Morgan fingerprint density at radius 3 is 1.67 bits per heavy atom. The summed E-state index contributed by atoms with van der Waals surface area (Å²) < 4.78 is 0.956. The highest BCUT2D eigenvalue weighted by Gasteiger charge is 2.36. The van der Waals surface area contributed by atoms with E-state index in [1.165, 1.54) is 44.1 Å². The maximum absolute atomic E-state index is 11.1.